The quantitative estimate of drug-likeness (QED) is 0.444. The van der Waals surface area contributed by atoms with Crippen LogP contribution in [0.15, 0.2) is 46.1 Å². The van der Waals surface area contributed by atoms with Gasteiger partial charge in [0.1, 0.15) is 16.9 Å². The highest BCUT2D eigenvalue weighted by atomic mass is 32.2. The van der Waals surface area contributed by atoms with Crippen molar-refractivity contribution in [3.05, 3.63) is 58.9 Å². The van der Waals surface area contributed by atoms with Gasteiger partial charge in [0, 0.05) is 24.4 Å². The smallest absolute Gasteiger partial charge is 0.191 e. The molecule has 1 aliphatic carbocycles. The van der Waals surface area contributed by atoms with Crippen molar-refractivity contribution in [1.29, 1.82) is 0 Å². The number of nitrogens with one attached hydrogen (secondary N) is 1. The summed E-state index contributed by atoms with van der Waals surface area (Å²) in [5, 5.41) is 9.53. The Balaban J connectivity index is 1.33. The molecule has 0 bridgehead atoms. The molecular weight excluding hydrogens is 412 g/mol. The number of fused-ring (bicyclic) bond motifs is 4. The third-order valence-corrected chi connectivity index (χ3v) is 6.87. The third-order valence-electron chi connectivity index (χ3n) is 6.04. The topological polar surface area (TPSA) is 74.3 Å². The number of aromatic nitrogens is 3. The van der Waals surface area contributed by atoms with Crippen LogP contribution in [0.25, 0.3) is 11.0 Å². The number of hydrogen-bond acceptors (Lipinski definition) is 7. The number of rotatable bonds is 6. The highest BCUT2D eigenvalue weighted by molar-refractivity contribution is 8.00. The molecular formula is C23H22N4O3S. The average molecular weight is 435 g/mol. The van der Waals surface area contributed by atoms with Crippen molar-refractivity contribution in [1.82, 2.24) is 14.9 Å². The predicted molar refractivity (Wildman–Crippen MR) is 119 cm³/mol. The van der Waals surface area contributed by atoms with E-state index in [9.17, 15) is 0 Å². The summed E-state index contributed by atoms with van der Waals surface area (Å²) in [7, 11) is 1.72. The fourth-order valence-electron chi connectivity index (χ4n) is 4.55. The van der Waals surface area contributed by atoms with E-state index in [-0.39, 0.29) is 0 Å². The van der Waals surface area contributed by atoms with Gasteiger partial charge < -0.3 is 18.7 Å². The zero-order valence-corrected chi connectivity index (χ0v) is 18.0. The highest BCUT2D eigenvalue weighted by Crippen LogP contribution is 2.43. The zero-order chi connectivity index (χ0) is 20.8. The van der Waals surface area contributed by atoms with Crippen LogP contribution in [0.1, 0.15) is 28.7 Å². The lowest BCUT2D eigenvalue weighted by Crippen LogP contribution is -2.02. The van der Waals surface area contributed by atoms with Crippen LogP contribution in [0, 0.1) is 0 Å². The van der Waals surface area contributed by atoms with Crippen molar-refractivity contribution in [2.45, 2.75) is 37.1 Å². The molecule has 158 valence electrons. The van der Waals surface area contributed by atoms with E-state index in [1.54, 1.807) is 13.3 Å². The lowest BCUT2D eigenvalue weighted by Gasteiger charge is -2.12. The molecule has 3 heterocycles. The van der Waals surface area contributed by atoms with Gasteiger partial charge in [0.15, 0.2) is 11.4 Å². The SMILES string of the molecule is COc1cc2c(cc1SNc1noc3cc(Cn4cccn4)c4c(c13)OCC4)CCC2. The molecule has 4 aromatic rings. The maximum absolute atomic E-state index is 6.02. The van der Waals surface area contributed by atoms with Crippen LogP contribution in [-0.4, -0.2) is 28.7 Å². The van der Waals surface area contributed by atoms with Crippen molar-refractivity contribution in [2.24, 2.45) is 0 Å². The second-order valence-corrected chi connectivity index (χ2v) is 8.73. The van der Waals surface area contributed by atoms with Crippen LogP contribution in [0.2, 0.25) is 0 Å². The van der Waals surface area contributed by atoms with Gasteiger partial charge in [-0.2, -0.15) is 5.10 Å². The summed E-state index contributed by atoms with van der Waals surface area (Å²) < 4.78 is 22.6. The van der Waals surface area contributed by atoms with Gasteiger partial charge in [-0.05, 0) is 72.2 Å². The first-order valence-corrected chi connectivity index (χ1v) is 11.3. The second-order valence-electron chi connectivity index (χ2n) is 7.88. The van der Waals surface area contributed by atoms with Gasteiger partial charge >= 0.3 is 0 Å². The molecule has 0 spiro atoms. The Morgan fingerprint density at radius 1 is 1.19 bits per heavy atom. The van der Waals surface area contributed by atoms with E-state index in [2.05, 4.69) is 33.2 Å². The fourth-order valence-corrected chi connectivity index (χ4v) is 5.34. The van der Waals surface area contributed by atoms with Crippen LogP contribution in [-0.2, 0) is 25.8 Å². The molecule has 31 heavy (non-hydrogen) atoms. The van der Waals surface area contributed by atoms with Gasteiger partial charge in [0.25, 0.3) is 0 Å². The number of benzene rings is 2. The van der Waals surface area contributed by atoms with Crippen molar-refractivity contribution in [2.75, 3.05) is 18.4 Å². The standard InChI is InChI=1S/C23H22N4O3S/c1-28-18-10-14-4-2-5-15(14)12-20(18)31-26-23-21-19(30-25-23)11-16(13-27-8-3-7-24-27)17-6-9-29-22(17)21/h3,7-8,10-12H,2,4-6,9,13H2,1H3,(H,25,26). The van der Waals surface area contributed by atoms with Crippen LogP contribution < -0.4 is 14.2 Å². The molecule has 1 aliphatic heterocycles. The molecule has 6 rings (SSSR count). The number of aryl methyl sites for hydroxylation is 2. The second kappa shape index (κ2) is 7.53. The Bertz CT molecular complexity index is 1270. The first kappa shape index (κ1) is 18.6. The van der Waals surface area contributed by atoms with Crippen molar-refractivity contribution >= 4 is 28.7 Å². The molecule has 0 saturated carbocycles. The fraction of sp³-hybridized carbons (Fsp3) is 0.304. The number of hydrogen-bond donors (Lipinski definition) is 1. The Morgan fingerprint density at radius 3 is 2.94 bits per heavy atom. The molecule has 0 unspecified atom stereocenters. The molecule has 0 radical (unpaired) electrons. The van der Waals surface area contributed by atoms with Crippen LogP contribution >= 0.6 is 11.9 Å². The molecule has 1 N–H and O–H groups in total. The normalized spacial score (nSPS) is 14.5. The molecule has 0 atom stereocenters. The first-order valence-electron chi connectivity index (χ1n) is 10.5. The lowest BCUT2D eigenvalue weighted by molar-refractivity contribution is 0.360. The van der Waals surface area contributed by atoms with Crippen LogP contribution in [0.4, 0.5) is 5.82 Å². The summed E-state index contributed by atoms with van der Waals surface area (Å²) in [4.78, 5) is 1.05. The van der Waals surface area contributed by atoms with Crippen LogP contribution in [0.3, 0.4) is 0 Å². The molecule has 0 amide bonds. The summed E-state index contributed by atoms with van der Waals surface area (Å²) >= 11 is 1.50. The van der Waals surface area contributed by atoms with E-state index in [0.29, 0.717) is 24.6 Å². The van der Waals surface area contributed by atoms with E-state index < -0.39 is 0 Å². The Hall–Kier alpha value is -3.13. The van der Waals surface area contributed by atoms with Gasteiger partial charge in [-0.25, -0.2) is 0 Å². The monoisotopic (exact) mass is 434 g/mol. The average Bonchev–Trinajstić information content (AvgIpc) is 3.58. The van der Waals surface area contributed by atoms with E-state index in [0.717, 1.165) is 46.6 Å². The first-order chi connectivity index (χ1) is 15.3. The van der Waals surface area contributed by atoms with Gasteiger partial charge in [-0.1, -0.05) is 5.16 Å². The lowest BCUT2D eigenvalue weighted by atomic mass is 10.0. The van der Waals surface area contributed by atoms with Gasteiger partial charge in [-0.3, -0.25) is 4.68 Å². The van der Waals surface area contributed by atoms with Gasteiger partial charge in [-0.15, -0.1) is 0 Å². The largest absolute Gasteiger partial charge is 0.496 e. The summed E-state index contributed by atoms with van der Waals surface area (Å²) in [6, 6.07) is 8.37. The highest BCUT2D eigenvalue weighted by Gasteiger charge is 2.26. The van der Waals surface area contributed by atoms with Crippen molar-refractivity contribution in [3.8, 4) is 11.5 Å². The number of anilines is 1. The Kier molecular flexibility index (Phi) is 4.52. The maximum atomic E-state index is 6.02. The minimum Gasteiger partial charge on any atom is -0.496 e. The number of ether oxygens (including phenoxy) is 2. The van der Waals surface area contributed by atoms with Gasteiger partial charge in [0.2, 0.25) is 0 Å². The maximum Gasteiger partial charge on any atom is 0.191 e. The van der Waals surface area contributed by atoms with E-state index in [4.69, 9.17) is 14.0 Å². The van der Waals surface area contributed by atoms with Crippen LogP contribution in [0.5, 0.6) is 11.5 Å². The summed E-state index contributed by atoms with van der Waals surface area (Å²) in [5.74, 6) is 2.42. The summed E-state index contributed by atoms with van der Waals surface area (Å²) in [6.45, 7) is 1.34. The third kappa shape index (κ3) is 3.22. The molecule has 2 aromatic carbocycles. The zero-order valence-electron chi connectivity index (χ0n) is 17.2. The summed E-state index contributed by atoms with van der Waals surface area (Å²) in [5.41, 5.74) is 5.87. The number of nitrogens with zero attached hydrogens (tertiary/aromatic N) is 3. The van der Waals surface area contributed by atoms with E-state index >= 15 is 0 Å². The minimum absolute atomic E-state index is 0.664. The molecule has 8 heteroatoms. The minimum atomic E-state index is 0.664. The molecule has 2 aromatic heterocycles. The number of methoxy groups -OCH3 is 1. The van der Waals surface area contributed by atoms with E-state index in [1.807, 2.05) is 16.9 Å². The molecule has 7 nitrogen and oxygen atoms in total. The van der Waals surface area contributed by atoms with Crippen molar-refractivity contribution in [3.63, 3.8) is 0 Å². The molecule has 2 aliphatic rings. The summed E-state index contributed by atoms with van der Waals surface area (Å²) in [6.07, 6.45) is 8.08. The Morgan fingerprint density at radius 2 is 2.10 bits per heavy atom. The predicted octanol–water partition coefficient (Wildman–Crippen LogP) is 4.62. The molecule has 0 fully saturated rings. The van der Waals surface area contributed by atoms with Gasteiger partial charge in [0.05, 0.1) is 25.2 Å². The Labute approximate surface area is 183 Å². The molecule has 0 saturated heterocycles. The van der Waals surface area contributed by atoms with Crippen molar-refractivity contribution < 1.29 is 14.0 Å². The van der Waals surface area contributed by atoms with E-state index in [1.165, 1.54) is 35.1 Å².